The molecule has 1 aromatic carbocycles. The number of hydrogen-bond donors (Lipinski definition) is 0. The first-order valence-electron chi connectivity index (χ1n) is 6.93. The maximum atomic E-state index is 6.09. The van der Waals surface area contributed by atoms with E-state index in [1.807, 2.05) is 18.2 Å². The summed E-state index contributed by atoms with van der Waals surface area (Å²) >= 11 is 6.09. The third-order valence-electron chi connectivity index (χ3n) is 3.37. The monoisotopic (exact) mass is 267 g/mol. The summed E-state index contributed by atoms with van der Waals surface area (Å²) < 4.78 is 5.86. The van der Waals surface area contributed by atoms with E-state index in [9.17, 15) is 0 Å². The van der Waals surface area contributed by atoms with Crippen molar-refractivity contribution in [1.29, 1.82) is 0 Å². The van der Waals surface area contributed by atoms with Crippen LogP contribution in [0.15, 0.2) is 18.2 Å². The maximum absolute atomic E-state index is 6.09. The number of likely N-dealkylation sites (tertiary alicyclic amines) is 1. The predicted molar refractivity (Wildman–Crippen MR) is 76.4 cm³/mol. The van der Waals surface area contributed by atoms with Crippen molar-refractivity contribution in [3.8, 4) is 5.75 Å². The Morgan fingerprint density at radius 2 is 2.06 bits per heavy atom. The Hall–Kier alpha value is -0.730. The second kappa shape index (κ2) is 7.01. The predicted octanol–water partition coefficient (Wildman–Crippen LogP) is 4.11. The Morgan fingerprint density at radius 1 is 1.28 bits per heavy atom. The van der Waals surface area contributed by atoms with E-state index < -0.39 is 0 Å². The third kappa shape index (κ3) is 3.89. The molecule has 0 atom stereocenters. The lowest BCUT2D eigenvalue weighted by Gasteiger charge is -2.18. The van der Waals surface area contributed by atoms with E-state index in [1.165, 1.54) is 31.5 Å². The van der Waals surface area contributed by atoms with Crippen LogP contribution in [0, 0.1) is 0 Å². The zero-order chi connectivity index (χ0) is 12.8. The minimum Gasteiger partial charge on any atom is -0.493 e. The van der Waals surface area contributed by atoms with Gasteiger partial charge in [-0.3, -0.25) is 4.90 Å². The van der Waals surface area contributed by atoms with Gasteiger partial charge < -0.3 is 4.74 Å². The van der Waals surface area contributed by atoms with Crippen molar-refractivity contribution in [2.45, 2.75) is 39.2 Å². The molecule has 0 spiro atoms. The van der Waals surface area contributed by atoms with Crippen LogP contribution in [-0.2, 0) is 6.54 Å². The minimum atomic E-state index is 0.797. The number of benzene rings is 1. The molecule has 0 saturated carbocycles. The summed E-state index contributed by atoms with van der Waals surface area (Å²) in [6.45, 7) is 6.32. The summed E-state index contributed by atoms with van der Waals surface area (Å²) in [5.41, 5.74) is 1.22. The van der Waals surface area contributed by atoms with Crippen molar-refractivity contribution in [2.24, 2.45) is 0 Å². The van der Waals surface area contributed by atoms with Gasteiger partial charge in [-0.05, 0) is 50.6 Å². The fourth-order valence-electron chi connectivity index (χ4n) is 2.32. The number of hydrogen-bond acceptors (Lipinski definition) is 2. The molecule has 0 amide bonds. The van der Waals surface area contributed by atoms with Gasteiger partial charge in [-0.1, -0.05) is 24.9 Å². The summed E-state index contributed by atoms with van der Waals surface area (Å²) in [6.07, 6.45) is 4.89. The van der Waals surface area contributed by atoms with Gasteiger partial charge in [0.1, 0.15) is 5.75 Å². The lowest BCUT2D eigenvalue weighted by molar-refractivity contribution is 0.289. The molecule has 0 aromatic heterocycles. The standard InChI is InChI=1S/C15H22ClNO/c1-2-3-10-18-15-7-6-14(16)11-13(15)12-17-8-4-5-9-17/h6-7,11H,2-5,8-10,12H2,1H3. The smallest absolute Gasteiger partial charge is 0.123 e. The van der Waals surface area contributed by atoms with Crippen LogP contribution >= 0.6 is 11.6 Å². The van der Waals surface area contributed by atoms with Crippen LogP contribution in [0.2, 0.25) is 5.02 Å². The normalized spacial score (nSPS) is 16.1. The highest BCUT2D eigenvalue weighted by molar-refractivity contribution is 6.30. The van der Waals surface area contributed by atoms with E-state index in [2.05, 4.69) is 11.8 Å². The first kappa shape index (κ1) is 13.7. The molecule has 0 aliphatic carbocycles. The first-order chi connectivity index (χ1) is 8.79. The van der Waals surface area contributed by atoms with Crippen molar-refractivity contribution < 1.29 is 4.74 Å². The summed E-state index contributed by atoms with van der Waals surface area (Å²) in [5.74, 6) is 1.000. The number of unbranched alkanes of at least 4 members (excludes halogenated alkanes) is 1. The first-order valence-corrected chi connectivity index (χ1v) is 7.31. The molecule has 1 fully saturated rings. The molecule has 1 aliphatic rings. The Labute approximate surface area is 115 Å². The van der Waals surface area contributed by atoms with Gasteiger partial charge in [0, 0.05) is 17.1 Å². The molecule has 2 rings (SSSR count). The number of rotatable bonds is 6. The van der Waals surface area contributed by atoms with Gasteiger partial charge in [-0.15, -0.1) is 0 Å². The molecule has 1 aromatic rings. The Balaban J connectivity index is 2.02. The minimum absolute atomic E-state index is 0.797. The zero-order valence-electron chi connectivity index (χ0n) is 11.1. The van der Waals surface area contributed by atoms with Gasteiger partial charge in [-0.2, -0.15) is 0 Å². The highest BCUT2D eigenvalue weighted by Gasteiger charge is 2.14. The largest absolute Gasteiger partial charge is 0.493 e. The molecule has 18 heavy (non-hydrogen) atoms. The average molecular weight is 268 g/mol. The highest BCUT2D eigenvalue weighted by atomic mass is 35.5. The van der Waals surface area contributed by atoms with E-state index >= 15 is 0 Å². The quantitative estimate of drug-likeness (QED) is 0.719. The number of ether oxygens (including phenoxy) is 1. The molecular weight excluding hydrogens is 246 g/mol. The SMILES string of the molecule is CCCCOc1ccc(Cl)cc1CN1CCCC1. The summed E-state index contributed by atoms with van der Waals surface area (Å²) in [7, 11) is 0. The van der Waals surface area contributed by atoms with Gasteiger partial charge in [0.15, 0.2) is 0 Å². The van der Waals surface area contributed by atoms with Crippen molar-refractivity contribution in [3.05, 3.63) is 28.8 Å². The molecule has 0 radical (unpaired) electrons. The molecule has 1 saturated heterocycles. The second-order valence-electron chi connectivity index (χ2n) is 4.94. The van der Waals surface area contributed by atoms with Gasteiger partial charge >= 0.3 is 0 Å². The lowest BCUT2D eigenvalue weighted by atomic mass is 10.2. The molecule has 3 heteroatoms. The fourth-order valence-corrected chi connectivity index (χ4v) is 2.52. The number of halogens is 1. The highest BCUT2D eigenvalue weighted by Crippen LogP contribution is 2.25. The molecule has 0 bridgehead atoms. The molecular formula is C15H22ClNO. The summed E-state index contributed by atoms with van der Waals surface area (Å²) in [5, 5.41) is 0.798. The summed E-state index contributed by atoms with van der Waals surface area (Å²) in [4.78, 5) is 2.47. The fraction of sp³-hybridized carbons (Fsp3) is 0.600. The van der Waals surface area contributed by atoms with E-state index in [0.29, 0.717) is 0 Å². The van der Waals surface area contributed by atoms with Crippen molar-refractivity contribution in [2.75, 3.05) is 19.7 Å². The van der Waals surface area contributed by atoms with E-state index in [0.717, 1.165) is 36.8 Å². The van der Waals surface area contributed by atoms with Crippen LogP contribution in [-0.4, -0.2) is 24.6 Å². The van der Waals surface area contributed by atoms with Crippen LogP contribution in [0.5, 0.6) is 5.75 Å². The van der Waals surface area contributed by atoms with Crippen LogP contribution < -0.4 is 4.74 Å². The van der Waals surface area contributed by atoms with Gasteiger partial charge in [-0.25, -0.2) is 0 Å². The summed E-state index contributed by atoms with van der Waals surface area (Å²) in [6, 6.07) is 5.96. The number of nitrogens with zero attached hydrogens (tertiary/aromatic N) is 1. The van der Waals surface area contributed by atoms with Crippen LogP contribution in [0.3, 0.4) is 0 Å². The molecule has 100 valence electrons. The molecule has 0 N–H and O–H groups in total. The molecule has 0 unspecified atom stereocenters. The van der Waals surface area contributed by atoms with Crippen LogP contribution in [0.1, 0.15) is 38.2 Å². The third-order valence-corrected chi connectivity index (χ3v) is 3.61. The van der Waals surface area contributed by atoms with Crippen LogP contribution in [0.25, 0.3) is 0 Å². The van der Waals surface area contributed by atoms with Crippen LogP contribution in [0.4, 0.5) is 0 Å². The molecule has 1 heterocycles. The van der Waals surface area contributed by atoms with Gasteiger partial charge in [0.2, 0.25) is 0 Å². The van der Waals surface area contributed by atoms with Gasteiger partial charge in [0.25, 0.3) is 0 Å². The van der Waals surface area contributed by atoms with Crippen molar-refractivity contribution >= 4 is 11.6 Å². The zero-order valence-corrected chi connectivity index (χ0v) is 11.9. The topological polar surface area (TPSA) is 12.5 Å². The molecule has 2 nitrogen and oxygen atoms in total. The van der Waals surface area contributed by atoms with E-state index in [-0.39, 0.29) is 0 Å². The van der Waals surface area contributed by atoms with Crippen molar-refractivity contribution in [3.63, 3.8) is 0 Å². The second-order valence-corrected chi connectivity index (χ2v) is 5.37. The van der Waals surface area contributed by atoms with Crippen molar-refractivity contribution in [1.82, 2.24) is 4.90 Å². The Bertz CT molecular complexity index is 375. The Kier molecular flexibility index (Phi) is 5.33. The lowest BCUT2D eigenvalue weighted by Crippen LogP contribution is -2.19. The van der Waals surface area contributed by atoms with Gasteiger partial charge in [0.05, 0.1) is 6.61 Å². The maximum Gasteiger partial charge on any atom is 0.123 e. The molecule has 1 aliphatic heterocycles. The average Bonchev–Trinajstić information content (AvgIpc) is 2.85. The Morgan fingerprint density at radius 3 is 2.78 bits per heavy atom. The van der Waals surface area contributed by atoms with E-state index in [4.69, 9.17) is 16.3 Å². The van der Waals surface area contributed by atoms with E-state index in [1.54, 1.807) is 0 Å².